The molecule has 1 saturated carbocycles. The lowest BCUT2D eigenvalue weighted by Crippen LogP contribution is -2.30. The SMILES string of the molecule is CNC(Cc1ccc(C(F)(F)F)cc1)CC1CCCCC1. The van der Waals surface area contributed by atoms with Crippen molar-refractivity contribution in [3.63, 3.8) is 0 Å². The molecule has 118 valence electrons. The monoisotopic (exact) mass is 299 g/mol. The molecule has 1 nitrogen and oxygen atoms in total. The van der Waals surface area contributed by atoms with E-state index in [2.05, 4.69) is 5.32 Å². The second-order valence-corrected chi connectivity index (χ2v) is 6.12. The van der Waals surface area contributed by atoms with Gasteiger partial charge in [0.15, 0.2) is 0 Å². The van der Waals surface area contributed by atoms with Crippen LogP contribution in [0.1, 0.15) is 49.7 Å². The number of hydrogen-bond donors (Lipinski definition) is 1. The van der Waals surface area contributed by atoms with E-state index in [0.29, 0.717) is 6.04 Å². The molecule has 1 aromatic carbocycles. The van der Waals surface area contributed by atoms with E-state index < -0.39 is 11.7 Å². The van der Waals surface area contributed by atoms with E-state index in [1.54, 1.807) is 12.1 Å². The van der Waals surface area contributed by atoms with Gasteiger partial charge in [-0.25, -0.2) is 0 Å². The van der Waals surface area contributed by atoms with Crippen LogP contribution >= 0.6 is 0 Å². The van der Waals surface area contributed by atoms with Crippen molar-refractivity contribution in [3.05, 3.63) is 35.4 Å². The minimum Gasteiger partial charge on any atom is -0.317 e. The molecule has 1 atom stereocenters. The van der Waals surface area contributed by atoms with Gasteiger partial charge >= 0.3 is 6.18 Å². The summed E-state index contributed by atoms with van der Waals surface area (Å²) in [6, 6.07) is 5.93. The molecule has 0 spiro atoms. The Bertz CT molecular complexity index is 419. The van der Waals surface area contributed by atoms with Gasteiger partial charge in [0.1, 0.15) is 0 Å². The first-order valence-corrected chi connectivity index (χ1v) is 7.82. The fraction of sp³-hybridized carbons (Fsp3) is 0.647. The maximum atomic E-state index is 12.5. The van der Waals surface area contributed by atoms with Crippen molar-refractivity contribution in [1.29, 1.82) is 0 Å². The van der Waals surface area contributed by atoms with E-state index in [9.17, 15) is 13.2 Å². The Kier molecular flexibility index (Phi) is 5.68. The molecule has 1 fully saturated rings. The lowest BCUT2D eigenvalue weighted by molar-refractivity contribution is -0.137. The minimum absolute atomic E-state index is 0.352. The summed E-state index contributed by atoms with van der Waals surface area (Å²) < 4.78 is 37.6. The standard InChI is InChI=1S/C17H24F3N/c1-21-16(11-13-5-3-2-4-6-13)12-14-7-9-15(10-8-14)17(18,19)20/h7-10,13,16,21H,2-6,11-12H2,1H3. The Balaban J connectivity index is 1.91. The summed E-state index contributed by atoms with van der Waals surface area (Å²) in [6.45, 7) is 0. The van der Waals surface area contributed by atoms with Crippen molar-refractivity contribution < 1.29 is 13.2 Å². The van der Waals surface area contributed by atoms with E-state index in [1.807, 2.05) is 7.05 Å². The zero-order valence-corrected chi connectivity index (χ0v) is 12.5. The zero-order chi connectivity index (χ0) is 15.3. The maximum absolute atomic E-state index is 12.5. The van der Waals surface area contributed by atoms with Crippen LogP contribution in [0.3, 0.4) is 0 Å². The van der Waals surface area contributed by atoms with Crippen molar-refractivity contribution in [1.82, 2.24) is 5.32 Å². The van der Waals surface area contributed by atoms with Gasteiger partial charge in [-0.05, 0) is 43.5 Å². The first-order chi connectivity index (χ1) is 9.99. The molecule has 0 aliphatic heterocycles. The van der Waals surface area contributed by atoms with Crippen LogP contribution in [0.4, 0.5) is 13.2 Å². The summed E-state index contributed by atoms with van der Waals surface area (Å²) in [5.41, 5.74) is 0.401. The van der Waals surface area contributed by atoms with Crippen molar-refractivity contribution in [3.8, 4) is 0 Å². The lowest BCUT2D eigenvalue weighted by Gasteiger charge is -2.26. The summed E-state index contributed by atoms with van der Waals surface area (Å²) in [5, 5.41) is 3.32. The van der Waals surface area contributed by atoms with E-state index >= 15 is 0 Å². The fourth-order valence-electron chi connectivity index (χ4n) is 3.24. The van der Waals surface area contributed by atoms with E-state index in [0.717, 1.165) is 24.3 Å². The molecule has 0 radical (unpaired) electrons. The van der Waals surface area contributed by atoms with Gasteiger partial charge in [0.05, 0.1) is 5.56 Å². The number of rotatable bonds is 5. The lowest BCUT2D eigenvalue weighted by atomic mass is 9.83. The number of benzene rings is 1. The van der Waals surface area contributed by atoms with Gasteiger partial charge in [-0.1, -0.05) is 44.2 Å². The predicted octanol–water partition coefficient (Wildman–Crippen LogP) is 4.81. The average Bonchev–Trinajstić information content (AvgIpc) is 2.47. The third-order valence-corrected chi connectivity index (χ3v) is 4.51. The van der Waals surface area contributed by atoms with Crippen molar-refractivity contribution in [2.75, 3.05) is 7.05 Å². The summed E-state index contributed by atoms with van der Waals surface area (Å²) in [6.07, 6.45) is 4.25. The van der Waals surface area contributed by atoms with Crippen LogP contribution in [0.5, 0.6) is 0 Å². The summed E-state index contributed by atoms with van der Waals surface area (Å²) in [7, 11) is 1.94. The van der Waals surface area contributed by atoms with Crippen LogP contribution in [0.15, 0.2) is 24.3 Å². The number of halogens is 3. The number of alkyl halides is 3. The minimum atomic E-state index is -4.25. The highest BCUT2D eigenvalue weighted by atomic mass is 19.4. The highest BCUT2D eigenvalue weighted by molar-refractivity contribution is 5.25. The topological polar surface area (TPSA) is 12.0 Å². The van der Waals surface area contributed by atoms with Gasteiger partial charge in [0.2, 0.25) is 0 Å². The van der Waals surface area contributed by atoms with Crippen LogP contribution in [0.25, 0.3) is 0 Å². The molecule has 4 heteroatoms. The van der Waals surface area contributed by atoms with Gasteiger partial charge in [0.25, 0.3) is 0 Å². The highest BCUT2D eigenvalue weighted by Gasteiger charge is 2.30. The Morgan fingerprint density at radius 1 is 1.10 bits per heavy atom. The molecule has 1 aromatic rings. The second kappa shape index (κ2) is 7.30. The third kappa shape index (κ3) is 5.03. The van der Waals surface area contributed by atoms with Gasteiger partial charge in [-0.3, -0.25) is 0 Å². The molecule has 0 bridgehead atoms. The molecule has 1 aliphatic rings. The molecule has 1 unspecified atom stereocenters. The number of nitrogens with one attached hydrogen (secondary N) is 1. The first kappa shape index (κ1) is 16.3. The van der Waals surface area contributed by atoms with E-state index in [1.165, 1.54) is 44.2 Å². The normalized spacial score (nSPS) is 18.7. The molecule has 0 heterocycles. The molecular formula is C17H24F3N. The van der Waals surface area contributed by atoms with Gasteiger partial charge in [-0.15, -0.1) is 0 Å². The molecule has 0 amide bonds. The van der Waals surface area contributed by atoms with E-state index in [-0.39, 0.29) is 0 Å². The van der Waals surface area contributed by atoms with Crippen LogP contribution in [0, 0.1) is 5.92 Å². The zero-order valence-electron chi connectivity index (χ0n) is 12.5. The predicted molar refractivity (Wildman–Crippen MR) is 79.2 cm³/mol. The fourth-order valence-corrected chi connectivity index (χ4v) is 3.24. The van der Waals surface area contributed by atoms with Crippen molar-refractivity contribution >= 4 is 0 Å². The quantitative estimate of drug-likeness (QED) is 0.823. The number of likely N-dealkylation sites (N-methyl/N-ethyl adjacent to an activating group) is 1. The van der Waals surface area contributed by atoms with Gasteiger partial charge in [0, 0.05) is 6.04 Å². The molecule has 1 aliphatic carbocycles. The van der Waals surface area contributed by atoms with Crippen molar-refractivity contribution in [2.45, 2.75) is 57.2 Å². The molecule has 2 rings (SSSR count). The largest absolute Gasteiger partial charge is 0.416 e. The van der Waals surface area contributed by atoms with Crippen LogP contribution < -0.4 is 5.32 Å². The summed E-state index contributed by atoms with van der Waals surface area (Å²) in [4.78, 5) is 0. The molecule has 21 heavy (non-hydrogen) atoms. The van der Waals surface area contributed by atoms with Crippen LogP contribution in [-0.4, -0.2) is 13.1 Å². The molecule has 1 N–H and O–H groups in total. The average molecular weight is 299 g/mol. The smallest absolute Gasteiger partial charge is 0.317 e. The highest BCUT2D eigenvalue weighted by Crippen LogP contribution is 2.30. The van der Waals surface area contributed by atoms with Crippen LogP contribution in [0.2, 0.25) is 0 Å². The van der Waals surface area contributed by atoms with Gasteiger partial charge in [-0.2, -0.15) is 13.2 Å². The maximum Gasteiger partial charge on any atom is 0.416 e. The van der Waals surface area contributed by atoms with Crippen LogP contribution in [-0.2, 0) is 12.6 Å². The summed E-state index contributed by atoms with van der Waals surface area (Å²) >= 11 is 0. The van der Waals surface area contributed by atoms with Gasteiger partial charge < -0.3 is 5.32 Å². The Labute approximate surface area is 124 Å². The molecule has 0 aromatic heterocycles. The summed E-state index contributed by atoms with van der Waals surface area (Å²) in [5.74, 6) is 0.769. The third-order valence-electron chi connectivity index (χ3n) is 4.51. The Morgan fingerprint density at radius 2 is 1.71 bits per heavy atom. The van der Waals surface area contributed by atoms with E-state index in [4.69, 9.17) is 0 Å². The Morgan fingerprint density at radius 3 is 2.24 bits per heavy atom. The second-order valence-electron chi connectivity index (χ2n) is 6.12. The first-order valence-electron chi connectivity index (χ1n) is 7.82. The number of hydrogen-bond acceptors (Lipinski definition) is 1. The Hall–Kier alpha value is -1.03. The molecule has 0 saturated heterocycles. The molecular weight excluding hydrogens is 275 g/mol. The van der Waals surface area contributed by atoms with Crippen molar-refractivity contribution in [2.24, 2.45) is 5.92 Å².